The number of nitrogens with zero attached hydrogens (tertiary/aromatic N) is 4. The van der Waals surface area contributed by atoms with Crippen LogP contribution in [0.25, 0.3) is 6.20 Å². The molecular formula is C32H31Cl2FN4O3. The Morgan fingerprint density at radius 2 is 1.98 bits per heavy atom. The lowest BCUT2D eigenvalue weighted by Gasteiger charge is -2.30. The van der Waals surface area contributed by atoms with E-state index in [0.717, 1.165) is 17.5 Å². The van der Waals surface area contributed by atoms with E-state index in [9.17, 15) is 14.7 Å². The van der Waals surface area contributed by atoms with Crippen LogP contribution in [0.1, 0.15) is 70.8 Å². The highest BCUT2D eigenvalue weighted by atomic mass is 35.5. The zero-order chi connectivity index (χ0) is 30.0. The van der Waals surface area contributed by atoms with Crippen molar-refractivity contribution in [3.63, 3.8) is 0 Å². The molecule has 3 heterocycles. The number of benzene rings is 1. The molecule has 218 valence electrons. The zero-order valence-electron chi connectivity index (χ0n) is 23.3. The predicted octanol–water partition coefficient (Wildman–Crippen LogP) is 6.36. The van der Waals surface area contributed by atoms with Crippen LogP contribution in [0, 0.1) is 12.7 Å². The molecule has 1 amide bonds. The number of rotatable bonds is 7. The number of β-amino-alcohol motifs (C(OH)–C–C–N with tert-alkyl or cyclic N) is 1. The standard InChI is InChI=1S/C32H31Cl2FN4O3/c1-3-10-37-28(23-7-4-8-24(30(23)35)31(41)38-11-5-6-22(40)18-38)9-12-39-19(2)13-27(29(34)32(39)42)26-15-25(26)20-14-21(33)17-36-16-20/h3-4,7-10,12-14,16-17,22,25-26,40H,5-6,11,15,18H2,1-2H3/b10-3+,12-9+,37-28-. The fraction of sp³-hybridized carbons (Fsp3) is 0.312. The fourth-order valence-electron chi connectivity index (χ4n) is 5.45. The van der Waals surface area contributed by atoms with Gasteiger partial charge in [0.05, 0.1) is 22.4 Å². The number of likely N-dealkylation sites (tertiary alicyclic amines) is 1. The van der Waals surface area contributed by atoms with Gasteiger partial charge in [0.15, 0.2) is 0 Å². The van der Waals surface area contributed by atoms with Gasteiger partial charge in [0.25, 0.3) is 11.5 Å². The molecule has 7 nitrogen and oxygen atoms in total. The maximum atomic E-state index is 15.8. The average molecular weight is 610 g/mol. The Hall–Kier alpha value is -3.59. The van der Waals surface area contributed by atoms with Gasteiger partial charge in [0.1, 0.15) is 10.8 Å². The number of aliphatic hydroxyl groups is 1. The van der Waals surface area contributed by atoms with Gasteiger partial charge in [-0.3, -0.25) is 24.1 Å². The number of hydrogen-bond donors (Lipinski definition) is 1. The van der Waals surface area contributed by atoms with Crippen molar-refractivity contribution in [2.75, 3.05) is 13.1 Å². The van der Waals surface area contributed by atoms with Gasteiger partial charge < -0.3 is 10.0 Å². The van der Waals surface area contributed by atoms with Gasteiger partial charge in [0, 0.05) is 49.1 Å². The molecule has 1 saturated heterocycles. The average Bonchev–Trinajstić information content (AvgIpc) is 3.77. The quantitative estimate of drug-likeness (QED) is 0.316. The molecule has 0 radical (unpaired) electrons. The lowest BCUT2D eigenvalue weighted by Crippen LogP contribution is -2.42. The van der Waals surface area contributed by atoms with E-state index in [-0.39, 0.29) is 40.2 Å². The van der Waals surface area contributed by atoms with Gasteiger partial charge in [-0.1, -0.05) is 35.3 Å². The van der Waals surface area contributed by atoms with Crippen LogP contribution < -0.4 is 5.56 Å². The van der Waals surface area contributed by atoms with Crippen molar-refractivity contribution in [3.05, 3.63) is 115 Å². The summed E-state index contributed by atoms with van der Waals surface area (Å²) in [5.41, 5.74) is 2.28. The molecule has 10 heteroatoms. The van der Waals surface area contributed by atoms with Crippen LogP contribution in [-0.4, -0.2) is 50.4 Å². The molecule has 1 saturated carbocycles. The lowest BCUT2D eigenvalue weighted by atomic mass is 10.0. The number of halogens is 3. The monoisotopic (exact) mass is 608 g/mol. The van der Waals surface area contributed by atoms with E-state index in [4.69, 9.17) is 23.2 Å². The molecule has 2 fully saturated rings. The summed E-state index contributed by atoms with van der Waals surface area (Å²) >= 11 is 12.7. The molecule has 1 aromatic carbocycles. The topological polar surface area (TPSA) is 87.8 Å². The molecule has 3 unspecified atom stereocenters. The first-order valence-corrected chi connectivity index (χ1v) is 14.6. The Bertz CT molecular complexity index is 1670. The molecule has 0 bridgehead atoms. The van der Waals surface area contributed by atoms with E-state index in [1.54, 1.807) is 38.4 Å². The number of hydrogen-bond acceptors (Lipinski definition) is 5. The first kappa shape index (κ1) is 29.9. The highest BCUT2D eigenvalue weighted by Crippen LogP contribution is 2.55. The molecule has 3 aromatic rings. The van der Waals surface area contributed by atoms with Gasteiger partial charge in [-0.15, -0.1) is 0 Å². The van der Waals surface area contributed by atoms with E-state index >= 15 is 4.39 Å². The van der Waals surface area contributed by atoms with Crippen molar-refractivity contribution in [3.8, 4) is 0 Å². The minimum Gasteiger partial charge on any atom is -0.391 e. The Balaban J connectivity index is 1.44. The summed E-state index contributed by atoms with van der Waals surface area (Å²) < 4.78 is 17.2. The van der Waals surface area contributed by atoms with Crippen LogP contribution in [0.3, 0.4) is 0 Å². The minimum absolute atomic E-state index is 0.0880. The Morgan fingerprint density at radius 1 is 1.19 bits per heavy atom. The SMILES string of the molecule is C/C=C/N=C(/C=C/n1c(C)cc(C2CC2c2cncc(Cl)c2)c(Cl)c1=O)c1cccc(C(=O)N2CCCC(O)C2)c1F. The summed E-state index contributed by atoms with van der Waals surface area (Å²) in [6, 6.07) is 8.33. The maximum absolute atomic E-state index is 15.8. The summed E-state index contributed by atoms with van der Waals surface area (Å²) in [6.45, 7) is 4.20. The van der Waals surface area contributed by atoms with Gasteiger partial charge in [-0.25, -0.2) is 4.39 Å². The summed E-state index contributed by atoms with van der Waals surface area (Å²) in [6.07, 6.45) is 11.1. The highest BCUT2D eigenvalue weighted by molar-refractivity contribution is 6.31. The Labute approximate surface area is 253 Å². The van der Waals surface area contributed by atoms with Crippen LogP contribution in [0.2, 0.25) is 10.0 Å². The normalized spacial score (nSPS) is 21.0. The molecule has 2 aromatic heterocycles. The van der Waals surface area contributed by atoms with Crippen molar-refractivity contribution < 1.29 is 14.3 Å². The number of allylic oxidation sites excluding steroid dienone is 2. The van der Waals surface area contributed by atoms with Gasteiger partial charge in [-0.05, 0) is 86.4 Å². The molecule has 42 heavy (non-hydrogen) atoms. The third-order valence-electron chi connectivity index (χ3n) is 7.68. The first-order valence-electron chi connectivity index (χ1n) is 13.8. The third kappa shape index (κ3) is 6.26. The zero-order valence-corrected chi connectivity index (χ0v) is 24.8. The van der Waals surface area contributed by atoms with Crippen LogP contribution >= 0.6 is 23.2 Å². The number of piperidine rings is 1. The smallest absolute Gasteiger partial charge is 0.273 e. The number of carbonyl (C=O) groups is 1. The minimum atomic E-state index is -0.719. The number of amides is 1. The summed E-state index contributed by atoms with van der Waals surface area (Å²) in [4.78, 5) is 36.5. The lowest BCUT2D eigenvalue weighted by molar-refractivity contribution is 0.0470. The summed E-state index contributed by atoms with van der Waals surface area (Å²) in [5, 5.41) is 10.7. The van der Waals surface area contributed by atoms with Crippen LogP contribution in [0.15, 0.2) is 70.9 Å². The van der Waals surface area contributed by atoms with Gasteiger partial charge in [-0.2, -0.15) is 0 Å². The molecule has 1 N–H and O–H groups in total. The van der Waals surface area contributed by atoms with Gasteiger partial charge >= 0.3 is 0 Å². The Kier molecular flexibility index (Phi) is 9.06. The molecular weight excluding hydrogens is 578 g/mol. The second-order valence-electron chi connectivity index (χ2n) is 10.6. The van der Waals surface area contributed by atoms with Crippen molar-refractivity contribution in [1.82, 2.24) is 14.5 Å². The van der Waals surface area contributed by atoms with Crippen molar-refractivity contribution in [2.45, 2.75) is 51.0 Å². The number of carbonyl (C=O) groups excluding carboxylic acids is 1. The van der Waals surface area contributed by atoms with Crippen molar-refractivity contribution in [2.24, 2.45) is 4.99 Å². The van der Waals surface area contributed by atoms with Crippen molar-refractivity contribution >= 4 is 41.0 Å². The third-order valence-corrected chi connectivity index (χ3v) is 8.27. The van der Waals surface area contributed by atoms with E-state index in [2.05, 4.69) is 9.98 Å². The number of aryl methyl sites for hydroxylation is 1. The van der Waals surface area contributed by atoms with E-state index in [0.29, 0.717) is 30.1 Å². The second-order valence-corrected chi connectivity index (χ2v) is 11.5. The Morgan fingerprint density at radius 3 is 2.71 bits per heavy atom. The van der Waals surface area contributed by atoms with Crippen molar-refractivity contribution in [1.29, 1.82) is 0 Å². The van der Waals surface area contributed by atoms with E-state index in [1.165, 1.54) is 40.1 Å². The summed E-state index contributed by atoms with van der Waals surface area (Å²) in [5.74, 6) is -0.929. The second kappa shape index (κ2) is 12.7. The number of pyridine rings is 2. The summed E-state index contributed by atoms with van der Waals surface area (Å²) in [7, 11) is 0. The van der Waals surface area contributed by atoms with Crippen LogP contribution in [0.4, 0.5) is 4.39 Å². The first-order chi connectivity index (χ1) is 20.2. The maximum Gasteiger partial charge on any atom is 0.273 e. The largest absolute Gasteiger partial charge is 0.391 e. The molecule has 3 atom stereocenters. The fourth-order valence-corrected chi connectivity index (χ4v) is 5.92. The number of aliphatic imine (C=N–C) groups is 1. The van der Waals surface area contributed by atoms with Crippen LogP contribution in [-0.2, 0) is 0 Å². The molecule has 1 aliphatic carbocycles. The number of aromatic nitrogens is 2. The molecule has 5 rings (SSSR count). The van der Waals surface area contributed by atoms with E-state index in [1.807, 2.05) is 12.1 Å². The molecule has 2 aliphatic rings. The van der Waals surface area contributed by atoms with Crippen LogP contribution in [0.5, 0.6) is 0 Å². The molecule has 0 spiro atoms. The predicted molar refractivity (Wildman–Crippen MR) is 164 cm³/mol. The number of aliphatic hydroxyl groups excluding tert-OH is 1. The molecule has 1 aliphatic heterocycles. The van der Waals surface area contributed by atoms with E-state index < -0.39 is 23.4 Å². The highest BCUT2D eigenvalue weighted by Gasteiger charge is 2.41. The van der Waals surface area contributed by atoms with Gasteiger partial charge in [0.2, 0.25) is 0 Å².